The van der Waals surface area contributed by atoms with Gasteiger partial charge in [0.2, 0.25) is 0 Å². The molecule has 2 aromatic rings. The summed E-state index contributed by atoms with van der Waals surface area (Å²) >= 11 is 5.25. The quantitative estimate of drug-likeness (QED) is 0.774. The van der Waals surface area contributed by atoms with Crippen LogP contribution in [0.3, 0.4) is 0 Å². The lowest BCUT2D eigenvalue weighted by molar-refractivity contribution is -0.0498. The molecule has 0 fully saturated rings. The number of ether oxygens (including phenoxy) is 1. The molecule has 2 rings (SSSR count). The van der Waals surface area contributed by atoms with Crippen molar-refractivity contribution >= 4 is 28.7 Å². The molecular weight excluding hydrogens is 332 g/mol. The number of nitrogens with zero attached hydrogens (tertiary/aromatic N) is 1. The van der Waals surface area contributed by atoms with Gasteiger partial charge in [-0.25, -0.2) is 0 Å². The zero-order valence-corrected chi connectivity index (χ0v) is 14.2. The molecule has 7 heteroatoms. The van der Waals surface area contributed by atoms with Crippen LogP contribution < -0.4 is 20.3 Å². The molecule has 0 amide bonds. The maximum atomic E-state index is 12.1. The van der Waals surface area contributed by atoms with Crippen molar-refractivity contribution < 1.29 is 13.5 Å². The molecule has 24 heavy (non-hydrogen) atoms. The predicted octanol–water partition coefficient (Wildman–Crippen LogP) is 3.84. The van der Waals surface area contributed by atoms with Gasteiger partial charge in [-0.05, 0) is 54.2 Å². The highest BCUT2D eigenvalue weighted by Crippen LogP contribution is 2.16. The summed E-state index contributed by atoms with van der Waals surface area (Å²) in [7, 11) is 3.96. The summed E-state index contributed by atoms with van der Waals surface area (Å²) in [4.78, 5) is 2.02. The summed E-state index contributed by atoms with van der Waals surface area (Å²) < 4.78 is 28.5. The zero-order chi connectivity index (χ0) is 17.5. The maximum Gasteiger partial charge on any atom is 0.387 e. The third-order valence-corrected chi connectivity index (χ3v) is 3.49. The molecular formula is C17H19F2N3OS. The summed E-state index contributed by atoms with van der Waals surface area (Å²) in [6, 6.07) is 14.3. The van der Waals surface area contributed by atoms with Crippen LogP contribution in [0.15, 0.2) is 48.5 Å². The van der Waals surface area contributed by atoms with E-state index in [4.69, 9.17) is 12.2 Å². The topological polar surface area (TPSA) is 36.5 Å². The van der Waals surface area contributed by atoms with Crippen LogP contribution in [0.4, 0.5) is 20.2 Å². The van der Waals surface area contributed by atoms with E-state index in [2.05, 4.69) is 15.4 Å². The van der Waals surface area contributed by atoms with Gasteiger partial charge in [-0.15, -0.1) is 0 Å². The Kier molecular flexibility index (Phi) is 6.31. The number of nitrogens with one attached hydrogen (secondary N) is 2. The number of rotatable bonds is 6. The monoisotopic (exact) mass is 351 g/mol. The van der Waals surface area contributed by atoms with E-state index in [1.54, 1.807) is 12.1 Å². The Morgan fingerprint density at radius 1 is 1.08 bits per heavy atom. The number of halogens is 2. The molecule has 0 bridgehead atoms. The van der Waals surface area contributed by atoms with Gasteiger partial charge in [-0.1, -0.05) is 12.1 Å². The average Bonchev–Trinajstić information content (AvgIpc) is 2.54. The molecule has 128 valence electrons. The van der Waals surface area contributed by atoms with Crippen molar-refractivity contribution in [1.29, 1.82) is 0 Å². The van der Waals surface area contributed by atoms with Gasteiger partial charge in [0, 0.05) is 32.0 Å². The number of anilines is 2. The number of benzene rings is 2. The Morgan fingerprint density at radius 3 is 2.25 bits per heavy atom. The van der Waals surface area contributed by atoms with Crippen molar-refractivity contribution in [3.63, 3.8) is 0 Å². The van der Waals surface area contributed by atoms with Gasteiger partial charge in [0.05, 0.1) is 0 Å². The Balaban J connectivity index is 1.82. The van der Waals surface area contributed by atoms with Crippen LogP contribution in [0, 0.1) is 0 Å². The Labute approximate surface area is 145 Å². The fourth-order valence-electron chi connectivity index (χ4n) is 1.99. The number of thiocarbonyl (C=S) groups is 1. The highest BCUT2D eigenvalue weighted by Gasteiger charge is 2.04. The second-order valence-electron chi connectivity index (χ2n) is 5.27. The normalized spacial score (nSPS) is 10.4. The van der Waals surface area contributed by atoms with E-state index in [0.29, 0.717) is 11.7 Å². The van der Waals surface area contributed by atoms with Gasteiger partial charge in [0.25, 0.3) is 0 Å². The standard InChI is InChI=1S/C17H19F2N3OS/c1-22(2)14-7-5-13(6-8-14)21-17(24)20-11-12-3-9-15(10-4-12)23-16(18)19/h3-10,16H,11H2,1-2H3,(H2,20,21,24). The minimum Gasteiger partial charge on any atom is -0.435 e. The second-order valence-corrected chi connectivity index (χ2v) is 5.68. The predicted molar refractivity (Wildman–Crippen MR) is 96.9 cm³/mol. The van der Waals surface area contributed by atoms with E-state index in [0.717, 1.165) is 16.9 Å². The van der Waals surface area contributed by atoms with E-state index in [9.17, 15) is 8.78 Å². The summed E-state index contributed by atoms with van der Waals surface area (Å²) in [5.74, 6) is 0.135. The van der Waals surface area contributed by atoms with E-state index < -0.39 is 6.61 Å². The lowest BCUT2D eigenvalue weighted by Gasteiger charge is -2.14. The molecule has 0 radical (unpaired) electrons. The van der Waals surface area contributed by atoms with Crippen molar-refractivity contribution in [2.24, 2.45) is 0 Å². The Bertz CT molecular complexity index is 661. The first-order chi connectivity index (χ1) is 11.4. The first-order valence-electron chi connectivity index (χ1n) is 7.30. The SMILES string of the molecule is CN(C)c1ccc(NC(=S)NCc2ccc(OC(F)F)cc2)cc1. The van der Waals surface area contributed by atoms with Crippen LogP contribution in [0.5, 0.6) is 5.75 Å². The number of alkyl halides is 2. The van der Waals surface area contributed by atoms with E-state index in [1.165, 1.54) is 12.1 Å². The molecule has 0 aliphatic heterocycles. The molecule has 2 aromatic carbocycles. The van der Waals surface area contributed by atoms with Crippen LogP contribution in [-0.4, -0.2) is 25.8 Å². The largest absolute Gasteiger partial charge is 0.435 e. The minimum atomic E-state index is -2.82. The molecule has 0 unspecified atom stereocenters. The van der Waals surface area contributed by atoms with E-state index in [-0.39, 0.29) is 5.75 Å². The smallest absolute Gasteiger partial charge is 0.387 e. The van der Waals surface area contributed by atoms with Gasteiger partial charge >= 0.3 is 6.61 Å². The first-order valence-corrected chi connectivity index (χ1v) is 7.71. The third kappa shape index (κ3) is 5.66. The molecule has 4 nitrogen and oxygen atoms in total. The van der Waals surface area contributed by atoms with Crippen LogP contribution in [0.2, 0.25) is 0 Å². The lowest BCUT2D eigenvalue weighted by atomic mass is 10.2. The summed E-state index contributed by atoms with van der Waals surface area (Å²) in [6.07, 6.45) is 0. The molecule has 2 N–H and O–H groups in total. The van der Waals surface area contributed by atoms with E-state index in [1.807, 2.05) is 43.3 Å². The van der Waals surface area contributed by atoms with Crippen LogP contribution in [0.25, 0.3) is 0 Å². The first kappa shape index (κ1) is 17.9. The van der Waals surface area contributed by atoms with Crippen LogP contribution in [-0.2, 0) is 6.54 Å². The molecule has 0 aliphatic rings. The van der Waals surface area contributed by atoms with Gasteiger partial charge in [0.15, 0.2) is 5.11 Å². The van der Waals surface area contributed by atoms with Crippen molar-refractivity contribution in [2.75, 3.05) is 24.3 Å². The lowest BCUT2D eigenvalue weighted by Crippen LogP contribution is -2.27. The molecule has 0 heterocycles. The third-order valence-electron chi connectivity index (χ3n) is 3.24. The van der Waals surface area contributed by atoms with Crippen molar-refractivity contribution in [3.8, 4) is 5.75 Å². The van der Waals surface area contributed by atoms with Crippen LogP contribution in [0.1, 0.15) is 5.56 Å². The fourth-order valence-corrected chi connectivity index (χ4v) is 2.18. The maximum absolute atomic E-state index is 12.1. The summed E-state index contributed by atoms with van der Waals surface area (Å²) in [5, 5.41) is 6.65. The van der Waals surface area contributed by atoms with E-state index >= 15 is 0 Å². The van der Waals surface area contributed by atoms with Gasteiger partial charge in [-0.2, -0.15) is 8.78 Å². The molecule has 0 atom stereocenters. The molecule has 0 aromatic heterocycles. The Hall–Kier alpha value is -2.41. The van der Waals surface area contributed by atoms with Gasteiger partial charge in [0.1, 0.15) is 5.75 Å². The fraction of sp³-hybridized carbons (Fsp3) is 0.235. The molecule has 0 spiro atoms. The van der Waals surface area contributed by atoms with Gasteiger partial charge < -0.3 is 20.3 Å². The average molecular weight is 351 g/mol. The highest BCUT2D eigenvalue weighted by atomic mass is 32.1. The van der Waals surface area contributed by atoms with Crippen LogP contribution >= 0.6 is 12.2 Å². The molecule has 0 saturated carbocycles. The van der Waals surface area contributed by atoms with Gasteiger partial charge in [-0.3, -0.25) is 0 Å². The summed E-state index contributed by atoms with van der Waals surface area (Å²) in [6.45, 7) is -2.33. The molecule has 0 aliphatic carbocycles. The number of hydrogen-bond donors (Lipinski definition) is 2. The summed E-state index contributed by atoms with van der Waals surface area (Å²) in [5.41, 5.74) is 2.90. The highest BCUT2D eigenvalue weighted by molar-refractivity contribution is 7.80. The van der Waals surface area contributed by atoms with Crippen molar-refractivity contribution in [3.05, 3.63) is 54.1 Å². The van der Waals surface area contributed by atoms with Crippen molar-refractivity contribution in [1.82, 2.24) is 5.32 Å². The number of hydrogen-bond acceptors (Lipinski definition) is 3. The molecule has 0 saturated heterocycles. The van der Waals surface area contributed by atoms with Crippen molar-refractivity contribution in [2.45, 2.75) is 13.2 Å². The zero-order valence-electron chi connectivity index (χ0n) is 13.4. The minimum absolute atomic E-state index is 0.135. The Morgan fingerprint density at radius 2 is 1.71 bits per heavy atom. The second kappa shape index (κ2) is 8.44.